The fraction of sp³-hybridized carbons (Fsp3) is 0.917. The highest BCUT2D eigenvalue weighted by Gasteiger charge is 2.18. The first kappa shape index (κ1) is 23.5. The summed E-state index contributed by atoms with van der Waals surface area (Å²) in [5.74, 6) is 9.36. The van der Waals surface area contributed by atoms with E-state index in [4.69, 9.17) is 0 Å². The first-order valence-electron chi connectivity index (χ1n) is 11.6. The minimum Gasteiger partial charge on any atom is -0.316 e. The van der Waals surface area contributed by atoms with Gasteiger partial charge in [0, 0.05) is 18.9 Å². The predicted octanol–water partition coefficient (Wildman–Crippen LogP) is 5.72. The van der Waals surface area contributed by atoms with Crippen molar-refractivity contribution >= 4 is 0 Å². The Bertz CT molecular complexity index is 373. The van der Waals surface area contributed by atoms with Crippen molar-refractivity contribution in [3.8, 4) is 11.8 Å². The molecule has 1 aliphatic heterocycles. The SMILES string of the molecule is CCCCCC(C#CCCN1CCC(CNCC(C)CCC)CC1)CC. The van der Waals surface area contributed by atoms with Crippen molar-refractivity contribution in [2.45, 2.75) is 91.9 Å². The smallest absolute Gasteiger partial charge is 0.0217 e. The molecule has 2 nitrogen and oxygen atoms in total. The van der Waals surface area contributed by atoms with Crippen molar-refractivity contribution in [3.05, 3.63) is 0 Å². The maximum absolute atomic E-state index is 3.71. The van der Waals surface area contributed by atoms with E-state index in [9.17, 15) is 0 Å². The monoisotopic (exact) mass is 362 g/mol. The molecular formula is C24H46N2. The third kappa shape index (κ3) is 11.2. The summed E-state index contributed by atoms with van der Waals surface area (Å²) in [7, 11) is 0. The van der Waals surface area contributed by atoms with Crippen molar-refractivity contribution in [1.82, 2.24) is 10.2 Å². The van der Waals surface area contributed by atoms with Gasteiger partial charge in [-0.1, -0.05) is 59.3 Å². The largest absolute Gasteiger partial charge is 0.316 e. The second-order valence-electron chi connectivity index (χ2n) is 8.51. The molecular weight excluding hydrogens is 316 g/mol. The summed E-state index contributed by atoms with van der Waals surface area (Å²) >= 11 is 0. The molecule has 152 valence electrons. The van der Waals surface area contributed by atoms with Gasteiger partial charge in [-0.15, -0.1) is 5.92 Å². The zero-order valence-electron chi connectivity index (χ0n) is 18.3. The van der Waals surface area contributed by atoms with Gasteiger partial charge in [-0.25, -0.2) is 0 Å². The van der Waals surface area contributed by atoms with Gasteiger partial charge in [0.1, 0.15) is 0 Å². The van der Waals surface area contributed by atoms with Crippen LogP contribution >= 0.6 is 0 Å². The molecule has 1 aliphatic rings. The van der Waals surface area contributed by atoms with Crippen LogP contribution < -0.4 is 5.32 Å². The Hall–Kier alpha value is -0.520. The molecule has 1 heterocycles. The van der Waals surface area contributed by atoms with Gasteiger partial charge < -0.3 is 10.2 Å². The summed E-state index contributed by atoms with van der Waals surface area (Å²) in [6, 6.07) is 0. The molecule has 0 radical (unpaired) electrons. The number of unbranched alkanes of at least 4 members (excludes halogenated alkanes) is 2. The molecule has 0 saturated carbocycles. The average Bonchev–Trinajstić information content (AvgIpc) is 2.65. The second kappa shape index (κ2) is 15.5. The van der Waals surface area contributed by atoms with Crippen molar-refractivity contribution in [1.29, 1.82) is 0 Å². The van der Waals surface area contributed by atoms with E-state index in [0.29, 0.717) is 5.92 Å². The van der Waals surface area contributed by atoms with Crippen molar-refractivity contribution in [3.63, 3.8) is 0 Å². The van der Waals surface area contributed by atoms with Crippen LogP contribution in [0.1, 0.15) is 91.9 Å². The van der Waals surface area contributed by atoms with Gasteiger partial charge in [-0.3, -0.25) is 0 Å². The third-order valence-corrected chi connectivity index (χ3v) is 5.92. The lowest BCUT2D eigenvalue weighted by Crippen LogP contribution is -2.38. The van der Waals surface area contributed by atoms with Gasteiger partial charge in [-0.05, 0) is 70.1 Å². The Kier molecular flexibility index (Phi) is 14.0. The first-order valence-corrected chi connectivity index (χ1v) is 11.6. The van der Waals surface area contributed by atoms with Crippen LogP contribution in [-0.2, 0) is 0 Å². The molecule has 1 rings (SSSR count). The minimum absolute atomic E-state index is 0.633. The number of likely N-dealkylation sites (tertiary alicyclic amines) is 1. The molecule has 0 aromatic carbocycles. The highest BCUT2D eigenvalue weighted by Crippen LogP contribution is 2.17. The fourth-order valence-corrected chi connectivity index (χ4v) is 3.99. The van der Waals surface area contributed by atoms with Gasteiger partial charge in [0.15, 0.2) is 0 Å². The van der Waals surface area contributed by atoms with E-state index in [0.717, 1.165) is 18.3 Å². The standard InChI is InChI=1S/C24H46N2/c1-5-8-9-13-23(7-3)14-10-11-17-26-18-15-24(16-19-26)21-25-20-22(4)12-6-2/h22-25H,5-9,11-13,15-21H2,1-4H3. The Morgan fingerprint density at radius 2 is 1.81 bits per heavy atom. The summed E-state index contributed by atoms with van der Waals surface area (Å²) in [5, 5.41) is 3.71. The predicted molar refractivity (Wildman–Crippen MR) is 116 cm³/mol. The van der Waals surface area contributed by atoms with Crippen LogP contribution in [0.25, 0.3) is 0 Å². The van der Waals surface area contributed by atoms with Crippen LogP contribution in [0.3, 0.4) is 0 Å². The molecule has 2 unspecified atom stereocenters. The number of hydrogen-bond acceptors (Lipinski definition) is 2. The molecule has 2 atom stereocenters. The lowest BCUT2D eigenvalue weighted by atomic mass is 9.96. The van der Waals surface area contributed by atoms with E-state index in [1.54, 1.807) is 0 Å². The van der Waals surface area contributed by atoms with Crippen LogP contribution in [0.4, 0.5) is 0 Å². The van der Waals surface area contributed by atoms with Gasteiger partial charge in [-0.2, -0.15) is 0 Å². The van der Waals surface area contributed by atoms with E-state index in [-0.39, 0.29) is 0 Å². The highest BCUT2D eigenvalue weighted by molar-refractivity contribution is 5.03. The van der Waals surface area contributed by atoms with Crippen LogP contribution in [-0.4, -0.2) is 37.6 Å². The number of rotatable bonds is 13. The Morgan fingerprint density at radius 3 is 2.46 bits per heavy atom. The Balaban J connectivity index is 2.10. The van der Waals surface area contributed by atoms with Gasteiger partial charge >= 0.3 is 0 Å². The fourth-order valence-electron chi connectivity index (χ4n) is 3.99. The quantitative estimate of drug-likeness (QED) is 0.333. The lowest BCUT2D eigenvalue weighted by molar-refractivity contribution is 0.185. The minimum atomic E-state index is 0.633. The van der Waals surface area contributed by atoms with E-state index in [2.05, 4.69) is 49.8 Å². The van der Waals surface area contributed by atoms with Gasteiger partial charge in [0.2, 0.25) is 0 Å². The number of hydrogen-bond donors (Lipinski definition) is 1. The lowest BCUT2D eigenvalue weighted by Gasteiger charge is -2.31. The molecule has 0 spiro atoms. The number of nitrogens with one attached hydrogen (secondary N) is 1. The molecule has 0 aromatic heterocycles. The first-order chi connectivity index (χ1) is 12.7. The van der Waals surface area contributed by atoms with E-state index < -0.39 is 0 Å². The van der Waals surface area contributed by atoms with Crippen molar-refractivity contribution in [2.24, 2.45) is 17.8 Å². The third-order valence-electron chi connectivity index (χ3n) is 5.92. The summed E-state index contributed by atoms with van der Waals surface area (Å²) in [5.41, 5.74) is 0. The number of piperidine rings is 1. The summed E-state index contributed by atoms with van der Waals surface area (Å²) in [6.07, 6.45) is 13.0. The average molecular weight is 363 g/mol. The van der Waals surface area contributed by atoms with Crippen molar-refractivity contribution < 1.29 is 0 Å². The van der Waals surface area contributed by atoms with Crippen LogP contribution in [0.15, 0.2) is 0 Å². The Morgan fingerprint density at radius 1 is 1.04 bits per heavy atom. The second-order valence-corrected chi connectivity index (χ2v) is 8.51. The van der Waals surface area contributed by atoms with Crippen LogP contribution in [0, 0.1) is 29.6 Å². The van der Waals surface area contributed by atoms with E-state index in [1.807, 2.05) is 0 Å². The topological polar surface area (TPSA) is 15.3 Å². The molecule has 1 saturated heterocycles. The summed E-state index contributed by atoms with van der Waals surface area (Å²) in [6.45, 7) is 15.3. The maximum Gasteiger partial charge on any atom is 0.0217 e. The van der Waals surface area contributed by atoms with Crippen LogP contribution in [0.5, 0.6) is 0 Å². The molecule has 0 aliphatic carbocycles. The van der Waals surface area contributed by atoms with Gasteiger partial charge in [0.05, 0.1) is 0 Å². The molecule has 1 N–H and O–H groups in total. The van der Waals surface area contributed by atoms with E-state index in [1.165, 1.54) is 90.5 Å². The highest BCUT2D eigenvalue weighted by atomic mass is 15.1. The zero-order chi connectivity index (χ0) is 19.0. The molecule has 2 heteroatoms. The molecule has 0 bridgehead atoms. The van der Waals surface area contributed by atoms with Gasteiger partial charge in [0.25, 0.3) is 0 Å². The molecule has 1 fully saturated rings. The molecule has 0 aromatic rings. The Labute approximate surface area is 164 Å². The van der Waals surface area contributed by atoms with E-state index >= 15 is 0 Å². The normalized spacial score (nSPS) is 18.3. The summed E-state index contributed by atoms with van der Waals surface area (Å²) < 4.78 is 0. The maximum atomic E-state index is 3.71. The zero-order valence-corrected chi connectivity index (χ0v) is 18.3. The number of nitrogens with zero attached hydrogens (tertiary/aromatic N) is 1. The molecule has 0 amide bonds. The summed E-state index contributed by atoms with van der Waals surface area (Å²) in [4.78, 5) is 2.63. The van der Waals surface area contributed by atoms with Crippen molar-refractivity contribution in [2.75, 3.05) is 32.7 Å². The molecule has 26 heavy (non-hydrogen) atoms. The van der Waals surface area contributed by atoms with Crippen LogP contribution in [0.2, 0.25) is 0 Å².